The van der Waals surface area contributed by atoms with E-state index in [-0.39, 0.29) is 11.8 Å². The Balaban J connectivity index is 1.58. The van der Waals surface area contributed by atoms with Crippen LogP contribution in [0.25, 0.3) is 10.9 Å². The summed E-state index contributed by atoms with van der Waals surface area (Å²) in [5.41, 5.74) is 2.80. The first-order valence-corrected chi connectivity index (χ1v) is 10.6. The monoisotopic (exact) mass is 422 g/mol. The minimum Gasteiger partial charge on any atom is -0.460 e. The van der Waals surface area contributed by atoms with E-state index in [0.29, 0.717) is 30.4 Å². The molecule has 3 rings (SSSR count). The average molecular weight is 423 g/mol. The Morgan fingerprint density at radius 2 is 1.65 bits per heavy atom. The average Bonchev–Trinajstić information content (AvgIpc) is 2.70. The van der Waals surface area contributed by atoms with E-state index >= 15 is 0 Å². The van der Waals surface area contributed by atoms with Crippen molar-refractivity contribution in [1.82, 2.24) is 10.3 Å². The summed E-state index contributed by atoms with van der Waals surface area (Å²) in [6, 6.07) is 15.0. The van der Waals surface area contributed by atoms with Crippen LogP contribution in [0, 0.1) is 11.2 Å². The van der Waals surface area contributed by atoms with Crippen molar-refractivity contribution in [2.75, 3.05) is 0 Å². The second-order valence-electron chi connectivity index (χ2n) is 9.59. The number of aromatic nitrogens is 1. The van der Waals surface area contributed by atoms with Crippen LogP contribution in [0.15, 0.2) is 54.7 Å². The van der Waals surface area contributed by atoms with Gasteiger partial charge >= 0.3 is 5.97 Å². The van der Waals surface area contributed by atoms with Crippen molar-refractivity contribution in [3.63, 3.8) is 0 Å². The molecular formula is C26H31FN2O2. The molecule has 2 aromatic carbocycles. The zero-order valence-electron chi connectivity index (χ0n) is 19.0. The quantitative estimate of drug-likeness (QED) is 0.506. The Labute approximate surface area is 183 Å². The lowest BCUT2D eigenvalue weighted by Gasteiger charge is -2.28. The van der Waals surface area contributed by atoms with Gasteiger partial charge in [-0.3, -0.25) is 9.78 Å². The number of benzene rings is 2. The van der Waals surface area contributed by atoms with Gasteiger partial charge in [0.1, 0.15) is 11.4 Å². The third-order valence-electron chi connectivity index (χ3n) is 5.07. The topological polar surface area (TPSA) is 51.2 Å². The van der Waals surface area contributed by atoms with Crippen molar-refractivity contribution < 1.29 is 13.9 Å². The van der Waals surface area contributed by atoms with E-state index in [0.717, 1.165) is 16.7 Å². The Hall–Kier alpha value is -2.79. The van der Waals surface area contributed by atoms with Crippen molar-refractivity contribution in [3.05, 3.63) is 77.2 Å². The van der Waals surface area contributed by atoms with Crippen LogP contribution in [0.2, 0.25) is 0 Å². The minimum absolute atomic E-state index is 0.189. The number of pyridine rings is 1. The van der Waals surface area contributed by atoms with Crippen LogP contribution < -0.4 is 5.32 Å². The summed E-state index contributed by atoms with van der Waals surface area (Å²) in [5.74, 6) is -0.442. The Kier molecular flexibility index (Phi) is 6.75. The molecule has 0 radical (unpaired) electrons. The summed E-state index contributed by atoms with van der Waals surface area (Å²) in [5, 5.41) is 3.95. The molecule has 0 aliphatic carbocycles. The van der Waals surface area contributed by atoms with Crippen LogP contribution in [0.5, 0.6) is 0 Å². The third-order valence-corrected chi connectivity index (χ3v) is 5.07. The zero-order valence-corrected chi connectivity index (χ0v) is 19.0. The molecule has 1 N–H and O–H groups in total. The highest BCUT2D eigenvalue weighted by atomic mass is 19.1. The second kappa shape index (κ2) is 9.15. The smallest absolute Gasteiger partial charge is 0.312 e. The van der Waals surface area contributed by atoms with Crippen LogP contribution >= 0.6 is 0 Å². The number of esters is 1. The molecule has 0 aliphatic rings. The SMILES string of the molecule is CC(C)(C)OC(=O)C(C)(C)Cc1ccc(CNCc2ccc(F)c3cccnc23)cc1. The van der Waals surface area contributed by atoms with Crippen molar-refractivity contribution in [1.29, 1.82) is 0 Å². The molecule has 1 aromatic heterocycles. The molecule has 0 saturated carbocycles. The van der Waals surface area contributed by atoms with Crippen molar-refractivity contribution in [2.24, 2.45) is 5.41 Å². The number of hydrogen-bond donors (Lipinski definition) is 1. The fourth-order valence-corrected chi connectivity index (χ4v) is 3.45. The largest absolute Gasteiger partial charge is 0.460 e. The van der Waals surface area contributed by atoms with Crippen LogP contribution in [0.1, 0.15) is 51.3 Å². The lowest BCUT2D eigenvalue weighted by Crippen LogP contribution is -2.35. The van der Waals surface area contributed by atoms with Gasteiger partial charge in [0.15, 0.2) is 0 Å². The summed E-state index contributed by atoms with van der Waals surface area (Å²) in [6.45, 7) is 10.8. The van der Waals surface area contributed by atoms with Gasteiger partial charge in [-0.2, -0.15) is 0 Å². The number of nitrogens with one attached hydrogen (secondary N) is 1. The summed E-state index contributed by atoms with van der Waals surface area (Å²) >= 11 is 0. The lowest BCUT2D eigenvalue weighted by molar-refractivity contribution is -0.165. The Bertz CT molecular complexity index is 1050. The molecule has 0 atom stereocenters. The molecule has 4 nitrogen and oxygen atoms in total. The summed E-state index contributed by atoms with van der Waals surface area (Å²) in [7, 11) is 0. The molecule has 31 heavy (non-hydrogen) atoms. The number of carbonyl (C=O) groups excluding carboxylic acids is 1. The summed E-state index contributed by atoms with van der Waals surface area (Å²) in [4.78, 5) is 16.8. The molecule has 0 amide bonds. The van der Waals surface area contributed by atoms with Crippen LogP contribution in [0.4, 0.5) is 4.39 Å². The van der Waals surface area contributed by atoms with Crippen LogP contribution in [0.3, 0.4) is 0 Å². The Morgan fingerprint density at radius 1 is 0.968 bits per heavy atom. The zero-order chi connectivity index (χ0) is 22.6. The third kappa shape index (κ3) is 6.11. The molecule has 3 aromatic rings. The van der Waals surface area contributed by atoms with Gasteiger partial charge in [-0.15, -0.1) is 0 Å². The normalized spacial score (nSPS) is 12.2. The maximum Gasteiger partial charge on any atom is 0.312 e. The first-order chi connectivity index (χ1) is 14.5. The van der Waals surface area contributed by atoms with Gasteiger partial charge in [-0.25, -0.2) is 4.39 Å². The standard InChI is InChI=1S/C26H31FN2O2/c1-25(2,3)31-24(30)26(4,5)15-18-8-10-19(11-9-18)16-28-17-20-12-13-22(27)21-7-6-14-29-23(20)21/h6-14,28H,15-17H2,1-5H3. The highest BCUT2D eigenvalue weighted by Gasteiger charge is 2.32. The maximum absolute atomic E-state index is 14.0. The molecule has 0 fully saturated rings. The van der Waals surface area contributed by atoms with Gasteiger partial charge in [-0.05, 0) is 75.9 Å². The maximum atomic E-state index is 14.0. The minimum atomic E-state index is -0.594. The lowest BCUT2D eigenvalue weighted by atomic mass is 9.85. The number of ether oxygens (including phenoxy) is 1. The van der Waals surface area contributed by atoms with E-state index in [1.807, 2.05) is 34.6 Å². The van der Waals surface area contributed by atoms with E-state index in [9.17, 15) is 9.18 Å². The first kappa shape index (κ1) is 22.9. The molecule has 1 heterocycles. The summed E-state index contributed by atoms with van der Waals surface area (Å²) in [6.07, 6.45) is 2.30. The molecule has 164 valence electrons. The summed E-state index contributed by atoms with van der Waals surface area (Å²) < 4.78 is 19.5. The molecule has 0 aliphatic heterocycles. The Morgan fingerprint density at radius 3 is 2.32 bits per heavy atom. The van der Waals surface area contributed by atoms with E-state index in [4.69, 9.17) is 4.74 Å². The van der Waals surface area contributed by atoms with Gasteiger partial charge in [0.2, 0.25) is 0 Å². The van der Waals surface area contributed by atoms with Gasteiger partial charge < -0.3 is 10.1 Å². The number of rotatable bonds is 7. The number of nitrogens with zero attached hydrogens (tertiary/aromatic N) is 1. The van der Waals surface area contributed by atoms with Crippen LogP contribution in [-0.2, 0) is 29.0 Å². The van der Waals surface area contributed by atoms with Crippen molar-refractivity contribution in [3.8, 4) is 0 Å². The highest BCUT2D eigenvalue weighted by Crippen LogP contribution is 2.26. The van der Waals surface area contributed by atoms with Crippen molar-refractivity contribution in [2.45, 2.75) is 59.7 Å². The van der Waals surface area contributed by atoms with Crippen LogP contribution in [-0.4, -0.2) is 16.6 Å². The van der Waals surface area contributed by atoms with E-state index in [1.165, 1.54) is 6.07 Å². The molecule has 5 heteroatoms. The number of fused-ring (bicyclic) bond motifs is 1. The molecule has 0 bridgehead atoms. The second-order valence-corrected chi connectivity index (χ2v) is 9.59. The molecular weight excluding hydrogens is 391 g/mol. The predicted octanol–water partition coefficient (Wildman–Crippen LogP) is 5.57. The van der Waals surface area contributed by atoms with Crippen molar-refractivity contribution >= 4 is 16.9 Å². The number of halogens is 1. The van der Waals surface area contributed by atoms with Gasteiger partial charge in [-0.1, -0.05) is 30.3 Å². The molecule has 0 saturated heterocycles. The predicted molar refractivity (Wildman–Crippen MR) is 122 cm³/mol. The van der Waals surface area contributed by atoms with E-state index < -0.39 is 11.0 Å². The van der Waals surface area contributed by atoms with Gasteiger partial charge in [0.05, 0.1) is 10.9 Å². The molecule has 0 spiro atoms. The fourth-order valence-electron chi connectivity index (χ4n) is 3.45. The van der Waals surface area contributed by atoms with Gasteiger partial charge in [0.25, 0.3) is 0 Å². The van der Waals surface area contributed by atoms with E-state index in [2.05, 4.69) is 34.6 Å². The van der Waals surface area contributed by atoms with E-state index in [1.54, 1.807) is 24.4 Å². The fraction of sp³-hybridized carbons (Fsp3) is 0.385. The number of hydrogen-bond acceptors (Lipinski definition) is 4. The highest BCUT2D eigenvalue weighted by molar-refractivity contribution is 5.82. The molecule has 0 unspecified atom stereocenters. The number of carbonyl (C=O) groups is 1. The first-order valence-electron chi connectivity index (χ1n) is 10.6. The van der Waals surface area contributed by atoms with Gasteiger partial charge in [0, 0.05) is 24.7 Å².